The lowest BCUT2D eigenvalue weighted by molar-refractivity contribution is 0.0135. The number of thiol groups is 1. The minimum absolute atomic E-state index is 0.113. The molecule has 2 aromatic carbocycles. The Kier molecular flexibility index (Phi) is 13.0. The Morgan fingerprint density at radius 3 is 2.69 bits per heavy atom. The van der Waals surface area contributed by atoms with Gasteiger partial charge in [0.05, 0.1) is 18.4 Å². The molecule has 1 saturated carbocycles. The maximum absolute atomic E-state index is 12.0. The molecule has 2 aromatic rings. The number of nitrogens with two attached hydrogens (primary N) is 1. The Labute approximate surface area is 245 Å². The number of hydrogen-bond donors (Lipinski definition) is 2. The third-order valence-corrected chi connectivity index (χ3v) is 8.63. The van der Waals surface area contributed by atoms with Crippen molar-refractivity contribution in [1.29, 1.82) is 0 Å². The van der Waals surface area contributed by atoms with E-state index in [2.05, 4.69) is 49.6 Å². The summed E-state index contributed by atoms with van der Waals surface area (Å²) in [5.74, 6) is 2.79. The summed E-state index contributed by atoms with van der Waals surface area (Å²) in [6, 6.07) is 13.5. The molecule has 0 saturated heterocycles. The zero-order valence-corrected chi connectivity index (χ0v) is 25.3. The van der Waals surface area contributed by atoms with Crippen molar-refractivity contribution in [3.8, 4) is 5.75 Å². The zero-order chi connectivity index (χ0) is 28.2. The highest BCUT2D eigenvalue weighted by molar-refractivity contribution is 7.80. The number of halogens is 1. The summed E-state index contributed by atoms with van der Waals surface area (Å²) in [4.78, 5) is 14.3. The highest BCUT2D eigenvalue weighted by Crippen LogP contribution is 2.41. The van der Waals surface area contributed by atoms with Crippen LogP contribution in [0.25, 0.3) is 0 Å². The highest BCUT2D eigenvalue weighted by atomic mass is 35.5. The van der Waals surface area contributed by atoms with E-state index in [-0.39, 0.29) is 6.10 Å². The first-order valence-corrected chi connectivity index (χ1v) is 15.2. The minimum Gasteiger partial charge on any atom is -0.491 e. The SMILES string of the molecule is CCN(C[C@@H]1CC[C@H]1[C@H](/C=C/C[C@H](C)CS)OC)c1cc(C(N)=O)ccc1OCCCCc1cccc(Cl)c1. The molecule has 0 unspecified atom stereocenters. The zero-order valence-electron chi connectivity index (χ0n) is 23.7. The van der Waals surface area contributed by atoms with Crippen molar-refractivity contribution in [3.05, 3.63) is 70.8 Å². The van der Waals surface area contributed by atoms with E-state index in [0.29, 0.717) is 29.9 Å². The number of amides is 1. The molecule has 1 aliphatic carbocycles. The summed E-state index contributed by atoms with van der Waals surface area (Å²) in [5.41, 5.74) is 8.31. The van der Waals surface area contributed by atoms with E-state index < -0.39 is 5.91 Å². The van der Waals surface area contributed by atoms with Crippen molar-refractivity contribution < 1.29 is 14.3 Å². The van der Waals surface area contributed by atoms with Gasteiger partial charge in [-0.25, -0.2) is 0 Å². The molecule has 3 rings (SSSR count). The van der Waals surface area contributed by atoms with E-state index >= 15 is 0 Å². The van der Waals surface area contributed by atoms with E-state index in [1.165, 1.54) is 5.56 Å². The van der Waals surface area contributed by atoms with E-state index in [1.807, 2.05) is 30.3 Å². The summed E-state index contributed by atoms with van der Waals surface area (Å²) in [6.07, 6.45) is 10.8. The van der Waals surface area contributed by atoms with E-state index in [0.717, 1.165) is 73.8 Å². The molecule has 0 spiro atoms. The van der Waals surface area contributed by atoms with Gasteiger partial charge in [0.1, 0.15) is 5.75 Å². The number of anilines is 1. The lowest BCUT2D eigenvalue weighted by Gasteiger charge is -2.43. The van der Waals surface area contributed by atoms with Gasteiger partial charge >= 0.3 is 0 Å². The van der Waals surface area contributed by atoms with Crippen LogP contribution in [-0.4, -0.2) is 44.6 Å². The van der Waals surface area contributed by atoms with Gasteiger partial charge in [-0.2, -0.15) is 12.6 Å². The van der Waals surface area contributed by atoms with Crippen LogP contribution in [0.5, 0.6) is 5.75 Å². The first-order valence-electron chi connectivity index (χ1n) is 14.2. The molecule has 0 radical (unpaired) electrons. The van der Waals surface area contributed by atoms with E-state index in [9.17, 15) is 4.79 Å². The third-order valence-electron chi connectivity index (χ3n) is 7.77. The van der Waals surface area contributed by atoms with Gasteiger partial charge in [-0.1, -0.05) is 42.8 Å². The number of allylic oxidation sites excluding steroid dienone is 1. The maximum Gasteiger partial charge on any atom is 0.248 e. The molecule has 1 fully saturated rings. The van der Waals surface area contributed by atoms with Gasteiger partial charge in [-0.3, -0.25) is 4.79 Å². The second kappa shape index (κ2) is 16.2. The largest absolute Gasteiger partial charge is 0.491 e. The van der Waals surface area contributed by atoms with Crippen molar-refractivity contribution in [1.82, 2.24) is 0 Å². The first-order chi connectivity index (χ1) is 18.9. The fourth-order valence-corrected chi connectivity index (χ4v) is 5.56. The number of hydrogen-bond acceptors (Lipinski definition) is 5. The molecule has 0 bridgehead atoms. The number of aryl methyl sites for hydroxylation is 1. The van der Waals surface area contributed by atoms with Crippen LogP contribution < -0.4 is 15.4 Å². The smallest absolute Gasteiger partial charge is 0.248 e. The van der Waals surface area contributed by atoms with E-state index in [4.69, 9.17) is 26.8 Å². The minimum atomic E-state index is -0.429. The molecule has 7 heteroatoms. The average Bonchev–Trinajstić information content (AvgIpc) is 2.92. The summed E-state index contributed by atoms with van der Waals surface area (Å²) in [5, 5.41) is 0.771. The quantitative estimate of drug-likeness (QED) is 0.119. The van der Waals surface area contributed by atoms with Crippen LogP contribution in [0.1, 0.15) is 61.9 Å². The number of nitrogens with zero attached hydrogens (tertiary/aromatic N) is 1. The highest BCUT2D eigenvalue weighted by Gasteiger charge is 2.37. The number of benzene rings is 2. The summed E-state index contributed by atoms with van der Waals surface area (Å²) < 4.78 is 12.2. The number of ether oxygens (including phenoxy) is 2. The third kappa shape index (κ3) is 9.47. The standard InChI is InChI=1S/C32H45ClN2O3S/c1-4-35(21-26-14-16-28(26)30(37-3)13-7-9-23(2)22-39)29-20-25(32(34)36)15-17-31(29)38-18-6-5-10-24-11-8-12-27(33)19-24/h7-8,11-13,15,17,19-20,23,26,28,30,39H,4-6,9-10,14,16,18,21-22H2,1-3H3,(H2,34,36)/b13-7+/t23-,26-,28+,30-/m0/s1. The van der Waals surface area contributed by atoms with Crippen molar-refractivity contribution in [2.24, 2.45) is 23.5 Å². The molecule has 0 aliphatic heterocycles. The number of carbonyl (C=O) groups excluding carboxylic acids is 1. The van der Waals surface area contributed by atoms with Gasteiger partial charge in [0.2, 0.25) is 5.91 Å². The van der Waals surface area contributed by atoms with Crippen LogP contribution in [0, 0.1) is 17.8 Å². The molecule has 214 valence electrons. The fraction of sp³-hybridized carbons (Fsp3) is 0.531. The van der Waals surface area contributed by atoms with Gasteiger partial charge in [0, 0.05) is 30.8 Å². The average molecular weight is 573 g/mol. The predicted octanol–water partition coefficient (Wildman–Crippen LogP) is 7.22. The van der Waals surface area contributed by atoms with Crippen LogP contribution in [0.4, 0.5) is 5.69 Å². The first kappa shape index (κ1) is 31.4. The van der Waals surface area contributed by atoms with Crippen LogP contribution in [0.3, 0.4) is 0 Å². The molecule has 2 N–H and O–H groups in total. The predicted molar refractivity (Wildman–Crippen MR) is 167 cm³/mol. The number of methoxy groups -OCH3 is 1. The summed E-state index contributed by atoms with van der Waals surface area (Å²) in [6.45, 7) is 6.66. The molecule has 39 heavy (non-hydrogen) atoms. The Hall–Kier alpha value is -2.15. The van der Waals surface area contributed by atoms with Gasteiger partial charge in [-0.15, -0.1) is 0 Å². The molecule has 1 amide bonds. The second-order valence-corrected chi connectivity index (χ2v) is 11.5. The normalized spacial score (nSPS) is 18.5. The number of unbranched alkanes of at least 4 members (excludes halogenated alkanes) is 1. The molecule has 4 atom stereocenters. The topological polar surface area (TPSA) is 64.8 Å². The van der Waals surface area contributed by atoms with Gasteiger partial charge in [0.15, 0.2) is 0 Å². The summed E-state index contributed by atoms with van der Waals surface area (Å²) >= 11 is 10.5. The Morgan fingerprint density at radius 1 is 1.23 bits per heavy atom. The molecular weight excluding hydrogens is 528 g/mol. The van der Waals surface area contributed by atoms with Gasteiger partial charge in [-0.05, 0) is 105 Å². The Morgan fingerprint density at radius 2 is 2.05 bits per heavy atom. The van der Waals surface area contributed by atoms with Crippen molar-refractivity contribution in [2.75, 3.05) is 37.5 Å². The van der Waals surface area contributed by atoms with Crippen LogP contribution >= 0.6 is 24.2 Å². The molecule has 5 nitrogen and oxygen atoms in total. The maximum atomic E-state index is 12.0. The summed E-state index contributed by atoms with van der Waals surface area (Å²) in [7, 11) is 1.80. The molecule has 0 aromatic heterocycles. The monoisotopic (exact) mass is 572 g/mol. The molecule has 0 heterocycles. The van der Waals surface area contributed by atoms with E-state index in [1.54, 1.807) is 13.2 Å². The number of carbonyl (C=O) groups is 1. The Bertz CT molecular complexity index is 1080. The molecular formula is C32H45ClN2O3S. The lowest BCUT2D eigenvalue weighted by atomic mass is 9.70. The molecule has 1 aliphatic rings. The van der Waals surface area contributed by atoms with Crippen LogP contribution in [0.2, 0.25) is 5.02 Å². The van der Waals surface area contributed by atoms with Crippen molar-refractivity contribution in [3.63, 3.8) is 0 Å². The Balaban J connectivity index is 1.64. The van der Waals surface area contributed by atoms with Crippen molar-refractivity contribution >= 4 is 35.8 Å². The van der Waals surface area contributed by atoms with Gasteiger partial charge in [0.25, 0.3) is 0 Å². The fourth-order valence-electron chi connectivity index (χ4n) is 5.20. The van der Waals surface area contributed by atoms with Crippen LogP contribution in [-0.2, 0) is 11.2 Å². The number of primary amides is 1. The lowest BCUT2D eigenvalue weighted by Crippen LogP contribution is -2.43. The van der Waals surface area contributed by atoms with Gasteiger partial charge < -0.3 is 20.1 Å². The van der Waals surface area contributed by atoms with Crippen molar-refractivity contribution in [2.45, 2.75) is 58.5 Å². The number of rotatable bonds is 17. The van der Waals surface area contributed by atoms with Crippen LogP contribution in [0.15, 0.2) is 54.6 Å². The second-order valence-electron chi connectivity index (χ2n) is 10.7.